The molecule has 0 N–H and O–H groups in total. The van der Waals surface area contributed by atoms with Crippen molar-refractivity contribution in [1.29, 1.82) is 0 Å². The van der Waals surface area contributed by atoms with E-state index in [0.29, 0.717) is 13.0 Å². The van der Waals surface area contributed by atoms with Crippen LogP contribution in [0.25, 0.3) is 0 Å². The third-order valence-corrected chi connectivity index (χ3v) is 7.08. The van der Waals surface area contributed by atoms with Gasteiger partial charge in [-0.2, -0.15) is 0 Å². The second kappa shape index (κ2) is 9.86. The molecule has 0 saturated carbocycles. The van der Waals surface area contributed by atoms with E-state index in [2.05, 4.69) is 68.1 Å². The van der Waals surface area contributed by atoms with Crippen LogP contribution in [0.5, 0.6) is 5.75 Å². The minimum atomic E-state index is -0.0124. The molecular weight excluding hydrogens is 384 g/mol. The Morgan fingerprint density at radius 3 is 2.55 bits per heavy atom. The summed E-state index contributed by atoms with van der Waals surface area (Å²) in [4.78, 5) is 17.7. The molecule has 0 bridgehead atoms. The van der Waals surface area contributed by atoms with E-state index in [1.54, 1.807) is 0 Å². The average molecular weight is 421 g/mol. The quantitative estimate of drug-likeness (QED) is 0.694. The summed E-state index contributed by atoms with van der Waals surface area (Å²) in [6.45, 7) is 9.96. The van der Waals surface area contributed by atoms with Gasteiger partial charge in [-0.1, -0.05) is 48.0 Å². The Balaban J connectivity index is 1.29. The van der Waals surface area contributed by atoms with Crippen molar-refractivity contribution in [1.82, 2.24) is 9.80 Å². The number of amides is 1. The lowest BCUT2D eigenvalue weighted by Crippen LogP contribution is -2.45. The predicted octanol–water partition coefficient (Wildman–Crippen LogP) is 4.84. The Kier molecular flexibility index (Phi) is 6.96. The number of rotatable bonds is 5. The second-order valence-corrected chi connectivity index (χ2v) is 9.42. The van der Waals surface area contributed by atoms with E-state index in [1.165, 1.54) is 30.4 Å². The third kappa shape index (κ3) is 5.48. The zero-order valence-electron chi connectivity index (χ0n) is 19.2. The van der Waals surface area contributed by atoms with E-state index in [9.17, 15) is 4.79 Å². The van der Waals surface area contributed by atoms with Crippen molar-refractivity contribution in [3.05, 3.63) is 65.2 Å². The van der Waals surface area contributed by atoms with Gasteiger partial charge in [0, 0.05) is 25.1 Å². The number of piperidine rings is 1. The number of benzene rings is 2. The topological polar surface area (TPSA) is 32.8 Å². The first-order valence-electron chi connectivity index (χ1n) is 11.8. The van der Waals surface area contributed by atoms with Crippen molar-refractivity contribution in [3.8, 4) is 5.75 Å². The lowest BCUT2D eigenvalue weighted by molar-refractivity contribution is -0.135. The number of fused-ring (bicyclic) bond motifs is 1. The number of carbonyl (C=O) groups is 1. The van der Waals surface area contributed by atoms with Crippen LogP contribution in [0.3, 0.4) is 0 Å². The number of ether oxygens (including phenoxy) is 1. The van der Waals surface area contributed by atoms with E-state index in [0.717, 1.165) is 36.9 Å². The van der Waals surface area contributed by atoms with Crippen molar-refractivity contribution in [2.45, 2.75) is 65.1 Å². The van der Waals surface area contributed by atoms with Gasteiger partial charge in [0.05, 0.1) is 6.04 Å². The first-order valence-corrected chi connectivity index (χ1v) is 11.8. The molecule has 1 saturated heterocycles. The van der Waals surface area contributed by atoms with Gasteiger partial charge in [0.2, 0.25) is 5.91 Å². The number of likely N-dealkylation sites (tertiary alicyclic amines) is 1. The summed E-state index contributed by atoms with van der Waals surface area (Å²) in [5, 5.41) is 0. The van der Waals surface area contributed by atoms with Gasteiger partial charge in [0.15, 0.2) is 0 Å². The van der Waals surface area contributed by atoms with E-state index < -0.39 is 0 Å². The molecule has 0 unspecified atom stereocenters. The van der Waals surface area contributed by atoms with Crippen molar-refractivity contribution in [2.75, 3.05) is 19.6 Å². The minimum Gasteiger partial charge on any atom is -0.488 e. The summed E-state index contributed by atoms with van der Waals surface area (Å²) in [7, 11) is 0. The van der Waals surface area contributed by atoms with Gasteiger partial charge < -0.3 is 14.5 Å². The highest BCUT2D eigenvalue weighted by Crippen LogP contribution is 2.29. The zero-order chi connectivity index (χ0) is 21.8. The van der Waals surface area contributed by atoms with Gasteiger partial charge in [-0.3, -0.25) is 4.79 Å². The third-order valence-electron chi connectivity index (χ3n) is 7.08. The molecule has 1 amide bonds. The fourth-order valence-corrected chi connectivity index (χ4v) is 4.90. The maximum absolute atomic E-state index is 13.2. The van der Waals surface area contributed by atoms with E-state index in [-0.39, 0.29) is 18.1 Å². The van der Waals surface area contributed by atoms with Crippen LogP contribution in [0.15, 0.2) is 48.5 Å². The molecule has 0 radical (unpaired) electrons. The molecule has 31 heavy (non-hydrogen) atoms. The van der Waals surface area contributed by atoms with Crippen LogP contribution in [0, 0.1) is 12.8 Å². The zero-order valence-corrected chi connectivity index (χ0v) is 19.2. The average Bonchev–Trinajstić information content (AvgIpc) is 2.90. The van der Waals surface area contributed by atoms with Gasteiger partial charge >= 0.3 is 0 Å². The van der Waals surface area contributed by atoms with Crippen LogP contribution in [0.4, 0.5) is 0 Å². The fourth-order valence-electron chi connectivity index (χ4n) is 4.90. The summed E-state index contributed by atoms with van der Waals surface area (Å²) in [5.74, 6) is 1.92. The van der Waals surface area contributed by atoms with Crippen molar-refractivity contribution < 1.29 is 9.53 Å². The van der Waals surface area contributed by atoms with Crippen molar-refractivity contribution >= 4 is 5.91 Å². The van der Waals surface area contributed by atoms with Crippen LogP contribution in [0.2, 0.25) is 0 Å². The molecule has 166 valence electrons. The van der Waals surface area contributed by atoms with Gasteiger partial charge in [0.1, 0.15) is 11.9 Å². The predicted molar refractivity (Wildman–Crippen MR) is 125 cm³/mol. The van der Waals surface area contributed by atoms with Crippen molar-refractivity contribution in [2.24, 2.45) is 5.92 Å². The van der Waals surface area contributed by atoms with Gasteiger partial charge in [0.25, 0.3) is 0 Å². The van der Waals surface area contributed by atoms with Crippen LogP contribution in [-0.2, 0) is 17.8 Å². The number of carbonyl (C=O) groups excluding carboxylic acids is 1. The highest BCUT2D eigenvalue weighted by Gasteiger charge is 2.31. The van der Waals surface area contributed by atoms with Crippen LogP contribution in [0.1, 0.15) is 49.8 Å². The first-order chi connectivity index (χ1) is 15.0. The minimum absolute atomic E-state index is 0.0124. The molecule has 2 aliphatic rings. The highest BCUT2D eigenvalue weighted by molar-refractivity contribution is 5.77. The maximum atomic E-state index is 13.2. The monoisotopic (exact) mass is 420 g/mol. The summed E-state index contributed by atoms with van der Waals surface area (Å²) >= 11 is 0. The Bertz CT molecular complexity index is 874. The molecule has 0 spiro atoms. The van der Waals surface area contributed by atoms with Gasteiger partial charge in [-0.05, 0) is 70.7 Å². The number of hydrogen-bond donors (Lipinski definition) is 0. The van der Waals surface area contributed by atoms with Crippen LogP contribution >= 0.6 is 0 Å². The first kappa shape index (κ1) is 21.9. The lowest BCUT2D eigenvalue weighted by atomic mass is 9.90. The molecule has 4 heteroatoms. The second-order valence-electron chi connectivity index (χ2n) is 9.42. The molecule has 2 heterocycles. The largest absolute Gasteiger partial charge is 0.488 e. The Labute approximate surface area is 187 Å². The Hall–Kier alpha value is -2.33. The summed E-state index contributed by atoms with van der Waals surface area (Å²) in [6, 6.07) is 17.2. The van der Waals surface area contributed by atoms with E-state index in [4.69, 9.17) is 4.74 Å². The molecular formula is C27H36N2O2. The number of aryl methyl sites for hydroxylation is 1. The Morgan fingerprint density at radius 2 is 1.81 bits per heavy atom. The normalized spacial score (nSPS) is 22.5. The molecule has 4 rings (SSSR count). The van der Waals surface area contributed by atoms with E-state index >= 15 is 0 Å². The summed E-state index contributed by atoms with van der Waals surface area (Å²) in [6.07, 6.45) is 4.19. The van der Waals surface area contributed by atoms with Crippen molar-refractivity contribution in [3.63, 3.8) is 0 Å². The highest BCUT2D eigenvalue weighted by atomic mass is 16.5. The molecule has 2 aliphatic heterocycles. The van der Waals surface area contributed by atoms with E-state index in [1.807, 2.05) is 11.0 Å². The SMILES string of the molecule is Cc1ccc2c(c1)CN(C(=O)CCN1CCC(Cc3ccccc3)CC1)[C@@H](C)[C@H](C)O2. The smallest absolute Gasteiger partial charge is 0.224 e. The molecule has 4 nitrogen and oxygen atoms in total. The van der Waals surface area contributed by atoms with Crippen LogP contribution < -0.4 is 4.74 Å². The van der Waals surface area contributed by atoms with Crippen LogP contribution in [-0.4, -0.2) is 47.5 Å². The number of nitrogens with zero attached hydrogens (tertiary/aromatic N) is 2. The summed E-state index contributed by atoms with van der Waals surface area (Å²) < 4.78 is 6.16. The lowest BCUT2D eigenvalue weighted by Gasteiger charge is -2.34. The molecule has 2 aromatic carbocycles. The fraction of sp³-hybridized carbons (Fsp3) is 0.519. The Morgan fingerprint density at radius 1 is 1.06 bits per heavy atom. The van der Waals surface area contributed by atoms with Gasteiger partial charge in [-0.15, -0.1) is 0 Å². The maximum Gasteiger partial charge on any atom is 0.224 e. The molecule has 2 atom stereocenters. The molecule has 0 aromatic heterocycles. The number of hydrogen-bond acceptors (Lipinski definition) is 3. The standard InChI is InChI=1S/C27H36N2O2/c1-20-9-10-26-25(17-20)19-29(21(2)22(3)31-26)27(30)13-16-28-14-11-24(12-15-28)18-23-7-5-4-6-8-23/h4-10,17,21-22,24H,11-16,18-19H2,1-3H3/t21-,22-/m0/s1. The summed E-state index contributed by atoms with van der Waals surface area (Å²) in [5.41, 5.74) is 3.76. The molecule has 0 aliphatic carbocycles. The molecule has 2 aromatic rings. The van der Waals surface area contributed by atoms with Gasteiger partial charge in [-0.25, -0.2) is 0 Å². The molecule has 1 fully saturated rings.